The first-order valence-corrected chi connectivity index (χ1v) is 12.3. The number of halogens is 2. The Hall–Kier alpha value is -2.65. The average molecular weight is 484 g/mol. The van der Waals surface area contributed by atoms with Crippen LogP contribution in [0.1, 0.15) is 25.8 Å². The quantitative estimate of drug-likeness (QED) is 0.562. The van der Waals surface area contributed by atoms with E-state index in [0.717, 1.165) is 18.7 Å². The molecule has 0 bridgehead atoms. The Balaban J connectivity index is 2.37. The fraction of sp³-hybridized carbons (Fsp3) is 0.364. The fourth-order valence-corrected chi connectivity index (χ4v) is 3.99. The van der Waals surface area contributed by atoms with E-state index < -0.39 is 34.3 Å². The number of hydrogen-bond acceptors (Lipinski definition) is 4. The molecule has 0 aliphatic rings. The van der Waals surface area contributed by atoms with E-state index in [1.807, 2.05) is 6.92 Å². The third kappa shape index (κ3) is 6.93. The van der Waals surface area contributed by atoms with Crippen LogP contribution in [-0.4, -0.2) is 50.5 Å². The minimum absolute atomic E-state index is 0.0472. The molecule has 2 aromatic rings. The van der Waals surface area contributed by atoms with Crippen LogP contribution in [0.2, 0.25) is 5.02 Å². The second-order valence-electron chi connectivity index (χ2n) is 7.34. The molecule has 0 aromatic heterocycles. The van der Waals surface area contributed by atoms with Crippen LogP contribution >= 0.6 is 11.6 Å². The molecule has 0 radical (unpaired) electrons. The zero-order valence-electron chi connectivity index (χ0n) is 18.2. The van der Waals surface area contributed by atoms with E-state index in [4.69, 9.17) is 11.6 Å². The highest BCUT2D eigenvalue weighted by atomic mass is 35.5. The van der Waals surface area contributed by atoms with E-state index in [1.165, 1.54) is 23.1 Å². The normalized spacial score (nSPS) is 12.2. The second kappa shape index (κ2) is 11.3. The number of nitrogens with zero attached hydrogens (tertiary/aromatic N) is 2. The standard InChI is InChI=1S/C22H27ClFN3O4S/c1-4-13-25-22(29)16(2)26(14-17-9-11-18(23)12-10-17)21(28)15-27(32(3,30)31)20-8-6-5-7-19(20)24/h5-12,16H,4,13-15H2,1-3H3,(H,25,29)/t16-/m1/s1. The molecular weight excluding hydrogens is 457 g/mol. The molecule has 174 valence electrons. The summed E-state index contributed by atoms with van der Waals surface area (Å²) in [6, 6.07) is 11.2. The topological polar surface area (TPSA) is 86.8 Å². The Morgan fingerprint density at radius 1 is 1.12 bits per heavy atom. The predicted molar refractivity (Wildman–Crippen MR) is 123 cm³/mol. The Bertz CT molecular complexity index is 1050. The fourth-order valence-electron chi connectivity index (χ4n) is 3.01. The predicted octanol–water partition coefficient (Wildman–Crippen LogP) is 3.19. The van der Waals surface area contributed by atoms with Gasteiger partial charge in [-0.2, -0.15) is 0 Å². The summed E-state index contributed by atoms with van der Waals surface area (Å²) >= 11 is 5.93. The summed E-state index contributed by atoms with van der Waals surface area (Å²) in [5.41, 5.74) is 0.465. The lowest BCUT2D eigenvalue weighted by atomic mass is 10.1. The Morgan fingerprint density at radius 3 is 2.31 bits per heavy atom. The first-order valence-electron chi connectivity index (χ1n) is 10.1. The summed E-state index contributed by atoms with van der Waals surface area (Å²) in [5.74, 6) is -1.79. The average Bonchev–Trinajstić information content (AvgIpc) is 2.74. The van der Waals surface area contributed by atoms with Crippen molar-refractivity contribution in [1.29, 1.82) is 0 Å². The number of sulfonamides is 1. The van der Waals surface area contributed by atoms with Crippen molar-refractivity contribution in [3.8, 4) is 0 Å². The Kier molecular flexibility index (Phi) is 9.03. The second-order valence-corrected chi connectivity index (χ2v) is 9.68. The van der Waals surface area contributed by atoms with Crippen molar-refractivity contribution >= 4 is 39.1 Å². The van der Waals surface area contributed by atoms with Crippen molar-refractivity contribution in [2.75, 3.05) is 23.7 Å². The summed E-state index contributed by atoms with van der Waals surface area (Å²) in [7, 11) is -3.98. The van der Waals surface area contributed by atoms with Crippen molar-refractivity contribution < 1.29 is 22.4 Å². The number of hydrogen-bond donors (Lipinski definition) is 1. The lowest BCUT2D eigenvalue weighted by Gasteiger charge is -2.31. The van der Waals surface area contributed by atoms with Gasteiger partial charge >= 0.3 is 0 Å². The van der Waals surface area contributed by atoms with Crippen molar-refractivity contribution in [2.24, 2.45) is 0 Å². The van der Waals surface area contributed by atoms with E-state index in [1.54, 1.807) is 31.2 Å². The molecule has 0 saturated heterocycles. The summed E-state index contributed by atoms with van der Waals surface area (Å²) in [4.78, 5) is 27.1. The van der Waals surface area contributed by atoms with Crippen molar-refractivity contribution in [3.63, 3.8) is 0 Å². The van der Waals surface area contributed by atoms with Gasteiger partial charge in [-0.3, -0.25) is 13.9 Å². The van der Waals surface area contributed by atoms with Crippen LogP contribution in [0.25, 0.3) is 0 Å². The smallest absolute Gasteiger partial charge is 0.244 e. The molecule has 0 aliphatic carbocycles. The SMILES string of the molecule is CCCNC(=O)[C@@H](C)N(Cc1ccc(Cl)cc1)C(=O)CN(c1ccccc1F)S(C)(=O)=O. The van der Waals surface area contributed by atoms with Gasteiger partial charge in [-0.05, 0) is 43.2 Å². The summed E-state index contributed by atoms with van der Waals surface area (Å²) < 4.78 is 39.8. The molecule has 10 heteroatoms. The van der Waals surface area contributed by atoms with Crippen LogP contribution in [-0.2, 0) is 26.2 Å². The zero-order valence-corrected chi connectivity index (χ0v) is 19.8. The van der Waals surface area contributed by atoms with Crippen molar-refractivity contribution in [2.45, 2.75) is 32.9 Å². The van der Waals surface area contributed by atoms with Crippen LogP contribution < -0.4 is 9.62 Å². The maximum absolute atomic E-state index is 14.3. The van der Waals surface area contributed by atoms with E-state index in [9.17, 15) is 22.4 Å². The molecule has 0 aliphatic heterocycles. The first kappa shape index (κ1) is 25.6. The van der Waals surface area contributed by atoms with Crippen molar-refractivity contribution in [3.05, 3.63) is 64.9 Å². The summed E-state index contributed by atoms with van der Waals surface area (Å²) in [5, 5.41) is 3.26. The number of nitrogens with one attached hydrogen (secondary N) is 1. The minimum atomic E-state index is -3.98. The van der Waals surface area contributed by atoms with Crippen LogP contribution in [0.4, 0.5) is 10.1 Å². The van der Waals surface area contributed by atoms with Gasteiger partial charge in [0.2, 0.25) is 21.8 Å². The van der Waals surface area contributed by atoms with E-state index in [-0.39, 0.29) is 18.1 Å². The molecular formula is C22H27ClFN3O4S. The number of carbonyl (C=O) groups is 2. The van der Waals surface area contributed by atoms with E-state index in [2.05, 4.69) is 5.32 Å². The molecule has 7 nitrogen and oxygen atoms in total. The summed E-state index contributed by atoms with van der Waals surface area (Å²) in [6.45, 7) is 3.30. The molecule has 0 saturated carbocycles. The van der Waals surface area contributed by atoms with E-state index >= 15 is 0 Å². The van der Waals surface area contributed by atoms with E-state index in [0.29, 0.717) is 21.4 Å². The Labute approximate surface area is 193 Å². The number of benzene rings is 2. The number of carbonyl (C=O) groups excluding carboxylic acids is 2. The molecule has 0 fully saturated rings. The van der Waals surface area contributed by atoms with Gasteiger partial charge in [0.1, 0.15) is 18.4 Å². The maximum atomic E-state index is 14.3. The van der Waals surface area contributed by atoms with Crippen LogP contribution in [0.15, 0.2) is 48.5 Å². The monoisotopic (exact) mass is 483 g/mol. The van der Waals surface area contributed by atoms with Gasteiger partial charge in [0.05, 0.1) is 11.9 Å². The molecule has 2 aromatic carbocycles. The van der Waals surface area contributed by atoms with Gasteiger partial charge in [0, 0.05) is 18.1 Å². The van der Waals surface area contributed by atoms with Gasteiger partial charge in [0.15, 0.2) is 0 Å². The highest BCUT2D eigenvalue weighted by Crippen LogP contribution is 2.22. The van der Waals surface area contributed by atoms with Gasteiger partial charge in [-0.1, -0.05) is 42.8 Å². The van der Waals surface area contributed by atoms with Gasteiger partial charge in [-0.15, -0.1) is 0 Å². The van der Waals surface area contributed by atoms with Crippen LogP contribution in [0.5, 0.6) is 0 Å². The van der Waals surface area contributed by atoms with Gasteiger partial charge in [0.25, 0.3) is 0 Å². The Morgan fingerprint density at radius 2 is 1.75 bits per heavy atom. The van der Waals surface area contributed by atoms with Crippen LogP contribution in [0.3, 0.4) is 0 Å². The number of para-hydroxylation sites is 1. The molecule has 0 unspecified atom stereocenters. The molecule has 32 heavy (non-hydrogen) atoms. The third-order valence-corrected chi connectivity index (χ3v) is 6.16. The van der Waals surface area contributed by atoms with Gasteiger partial charge < -0.3 is 10.2 Å². The number of rotatable bonds is 10. The molecule has 2 rings (SSSR count). The summed E-state index contributed by atoms with van der Waals surface area (Å²) in [6.07, 6.45) is 1.62. The largest absolute Gasteiger partial charge is 0.354 e. The molecule has 1 atom stereocenters. The molecule has 0 heterocycles. The lowest BCUT2D eigenvalue weighted by molar-refractivity contribution is -0.139. The molecule has 0 spiro atoms. The number of anilines is 1. The molecule has 2 amide bonds. The molecule has 1 N–H and O–H groups in total. The highest BCUT2D eigenvalue weighted by molar-refractivity contribution is 7.92. The first-order chi connectivity index (χ1) is 15.0. The minimum Gasteiger partial charge on any atom is -0.354 e. The van der Waals surface area contributed by atoms with Crippen LogP contribution in [0, 0.1) is 5.82 Å². The third-order valence-electron chi connectivity index (χ3n) is 4.78. The lowest BCUT2D eigenvalue weighted by Crippen LogP contribution is -2.51. The number of amides is 2. The highest BCUT2D eigenvalue weighted by Gasteiger charge is 2.30. The zero-order chi connectivity index (χ0) is 23.9. The van der Waals surface area contributed by atoms with Crippen molar-refractivity contribution in [1.82, 2.24) is 10.2 Å². The van der Waals surface area contributed by atoms with Gasteiger partial charge in [-0.25, -0.2) is 12.8 Å². The maximum Gasteiger partial charge on any atom is 0.244 e.